The molecule has 21 heavy (non-hydrogen) atoms. The fourth-order valence-electron chi connectivity index (χ4n) is 3.10. The lowest BCUT2D eigenvalue weighted by atomic mass is 10.0. The number of carbonyl (C=O) groups excluding carboxylic acids is 1. The maximum absolute atomic E-state index is 11.6. The van der Waals surface area contributed by atoms with Crippen molar-refractivity contribution >= 4 is 34.0 Å². The summed E-state index contributed by atoms with van der Waals surface area (Å²) < 4.78 is 0. The second kappa shape index (κ2) is 4.61. The molecule has 3 aromatic carbocycles. The lowest BCUT2D eigenvalue weighted by Gasteiger charge is -2.09. The zero-order valence-electron chi connectivity index (χ0n) is 11.2. The molecule has 0 heterocycles. The van der Waals surface area contributed by atoms with Crippen LogP contribution in [0.1, 0.15) is 0 Å². The van der Waals surface area contributed by atoms with Gasteiger partial charge in [0.15, 0.2) is 0 Å². The van der Waals surface area contributed by atoms with E-state index in [9.17, 15) is 4.79 Å². The van der Waals surface area contributed by atoms with Gasteiger partial charge in [0.05, 0.1) is 0 Å². The van der Waals surface area contributed by atoms with Gasteiger partial charge in [0, 0.05) is 11.1 Å². The molecule has 0 saturated heterocycles. The lowest BCUT2D eigenvalue weighted by molar-refractivity contribution is -0.113. The number of halogens is 1. The molecule has 0 atom stereocenters. The number of hydrogen-bond donors (Lipinski definition) is 1. The highest BCUT2D eigenvalue weighted by atomic mass is 35.5. The summed E-state index contributed by atoms with van der Waals surface area (Å²) in [5, 5.41) is 5.13. The zero-order valence-corrected chi connectivity index (χ0v) is 11.9. The number of hydrogen-bond acceptors (Lipinski definition) is 1. The first-order chi connectivity index (χ1) is 10.3. The van der Waals surface area contributed by atoms with E-state index in [1.807, 2.05) is 18.2 Å². The zero-order chi connectivity index (χ0) is 14.4. The molecule has 0 aliphatic heterocycles. The number of fused-ring (bicyclic) bond motifs is 3. The Morgan fingerprint density at radius 1 is 0.857 bits per heavy atom. The van der Waals surface area contributed by atoms with Gasteiger partial charge in [-0.3, -0.25) is 4.79 Å². The first-order valence-electron chi connectivity index (χ1n) is 6.81. The summed E-state index contributed by atoms with van der Waals surface area (Å²) in [5.41, 5.74) is 5.76. The maximum atomic E-state index is 11.6. The largest absolute Gasteiger partial charge is 0.324 e. The van der Waals surface area contributed by atoms with Gasteiger partial charge in [-0.1, -0.05) is 48.5 Å². The summed E-state index contributed by atoms with van der Waals surface area (Å²) in [6, 6.07) is 18.6. The number of carbonyl (C=O) groups is 1. The highest BCUT2D eigenvalue weighted by molar-refractivity contribution is 6.29. The van der Waals surface area contributed by atoms with Crippen molar-refractivity contribution in [2.24, 2.45) is 0 Å². The van der Waals surface area contributed by atoms with E-state index in [4.69, 9.17) is 11.6 Å². The van der Waals surface area contributed by atoms with E-state index in [1.165, 1.54) is 27.6 Å². The van der Waals surface area contributed by atoms with E-state index in [0.717, 1.165) is 11.1 Å². The molecule has 1 amide bonds. The van der Waals surface area contributed by atoms with Crippen LogP contribution in [0.5, 0.6) is 0 Å². The van der Waals surface area contributed by atoms with Crippen molar-refractivity contribution in [2.45, 2.75) is 0 Å². The van der Waals surface area contributed by atoms with E-state index < -0.39 is 0 Å². The average Bonchev–Trinajstić information content (AvgIpc) is 2.86. The highest BCUT2D eigenvalue weighted by Crippen LogP contribution is 2.48. The predicted octanol–water partition coefficient (Wildman–Crippen LogP) is 4.66. The van der Waals surface area contributed by atoms with Crippen molar-refractivity contribution in [2.75, 3.05) is 11.2 Å². The van der Waals surface area contributed by atoms with Gasteiger partial charge in [-0.25, -0.2) is 0 Å². The smallest absolute Gasteiger partial charge is 0.239 e. The van der Waals surface area contributed by atoms with Crippen molar-refractivity contribution in [1.82, 2.24) is 0 Å². The Kier molecular flexibility index (Phi) is 2.72. The molecule has 0 saturated carbocycles. The second-order valence-electron chi connectivity index (χ2n) is 5.12. The number of benzene rings is 3. The molecule has 0 radical (unpaired) electrons. The number of nitrogens with one attached hydrogen (secondary N) is 1. The Morgan fingerprint density at radius 2 is 1.52 bits per heavy atom. The van der Waals surface area contributed by atoms with Crippen molar-refractivity contribution in [3.63, 3.8) is 0 Å². The van der Waals surface area contributed by atoms with Gasteiger partial charge < -0.3 is 5.32 Å². The third-order valence-corrected chi connectivity index (χ3v) is 4.19. The highest BCUT2D eigenvalue weighted by Gasteiger charge is 2.21. The van der Waals surface area contributed by atoms with Crippen LogP contribution in [0.15, 0.2) is 54.6 Å². The second-order valence-corrected chi connectivity index (χ2v) is 5.38. The molecule has 1 aliphatic rings. The summed E-state index contributed by atoms with van der Waals surface area (Å²) in [7, 11) is 0. The fraction of sp³-hybridized carbons (Fsp3) is 0.0556. The first-order valence-corrected chi connectivity index (χ1v) is 7.34. The maximum Gasteiger partial charge on any atom is 0.239 e. The summed E-state index contributed by atoms with van der Waals surface area (Å²) >= 11 is 5.59. The Balaban J connectivity index is 2.01. The first kappa shape index (κ1) is 12.4. The minimum atomic E-state index is -0.187. The van der Waals surface area contributed by atoms with Crippen LogP contribution >= 0.6 is 11.6 Å². The third kappa shape index (κ3) is 1.76. The molecule has 0 aromatic heterocycles. The minimum Gasteiger partial charge on any atom is -0.324 e. The summed E-state index contributed by atoms with van der Waals surface area (Å²) in [5.74, 6) is -0.226. The van der Waals surface area contributed by atoms with E-state index in [-0.39, 0.29) is 11.8 Å². The molecule has 4 rings (SSSR count). The monoisotopic (exact) mass is 293 g/mol. The van der Waals surface area contributed by atoms with Crippen LogP contribution in [0.25, 0.3) is 33.0 Å². The van der Waals surface area contributed by atoms with Gasteiger partial charge in [-0.15, -0.1) is 11.6 Å². The molecule has 0 spiro atoms. The van der Waals surface area contributed by atoms with Gasteiger partial charge in [0.25, 0.3) is 0 Å². The SMILES string of the molecule is O=C(CCl)Nc1ccc2c3c(cccc13)-c1ccccc1-2. The molecule has 1 N–H and O–H groups in total. The van der Waals surface area contributed by atoms with E-state index in [0.29, 0.717) is 0 Å². The molecule has 2 nitrogen and oxygen atoms in total. The van der Waals surface area contributed by atoms with Crippen LogP contribution < -0.4 is 5.32 Å². The lowest BCUT2D eigenvalue weighted by Crippen LogP contribution is -2.12. The van der Waals surface area contributed by atoms with Crippen molar-refractivity contribution in [1.29, 1.82) is 0 Å². The number of rotatable bonds is 2. The van der Waals surface area contributed by atoms with Gasteiger partial charge in [0.2, 0.25) is 5.91 Å². The van der Waals surface area contributed by atoms with E-state index in [1.54, 1.807) is 0 Å². The van der Waals surface area contributed by atoms with Gasteiger partial charge in [-0.2, -0.15) is 0 Å². The Morgan fingerprint density at radius 3 is 2.24 bits per heavy atom. The summed E-state index contributed by atoms with van der Waals surface area (Å²) in [4.78, 5) is 11.6. The van der Waals surface area contributed by atoms with Crippen LogP contribution in [-0.2, 0) is 4.79 Å². The third-order valence-electron chi connectivity index (χ3n) is 3.94. The van der Waals surface area contributed by atoms with Crippen LogP contribution in [0.4, 0.5) is 5.69 Å². The Bertz CT molecular complexity index is 856. The van der Waals surface area contributed by atoms with E-state index >= 15 is 0 Å². The van der Waals surface area contributed by atoms with Crippen LogP contribution in [0, 0.1) is 0 Å². The molecule has 102 valence electrons. The topological polar surface area (TPSA) is 29.1 Å². The summed E-state index contributed by atoms with van der Waals surface area (Å²) in [6.45, 7) is 0. The predicted molar refractivity (Wildman–Crippen MR) is 87.7 cm³/mol. The molecule has 3 heteroatoms. The quantitative estimate of drug-likeness (QED) is 0.535. The minimum absolute atomic E-state index is 0.0385. The average molecular weight is 294 g/mol. The van der Waals surface area contributed by atoms with Crippen LogP contribution in [0.3, 0.4) is 0 Å². The summed E-state index contributed by atoms with van der Waals surface area (Å²) in [6.07, 6.45) is 0. The molecule has 0 bridgehead atoms. The van der Waals surface area contributed by atoms with Gasteiger partial charge in [-0.05, 0) is 33.7 Å². The Labute approximate surface area is 127 Å². The molecule has 3 aromatic rings. The number of amides is 1. The fourth-order valence-corrected chi connectivity index (χ4v) is 3.17. The Hall–Kier alpha value is -2.32. The van der Waals surface area contributed by atoms with Crippen molar-refractivity contribution in [3.05, 3.63) is 54.6 Å². The standard InChI is InChI=1S/C18H12ClNO/c19-10-17(21)20-16-9-8-14-12-5-2-1-4-11(12)13-6-3-7-15(16)18(13)14/h1-9H,10H2,(H,20,21). The number of alkyl halides is 1. The van der Waals surface area contributed by atoms with Crippen LogP contribution in [-0.4, -0.2) is 11.8 Å². The van der Waals surface area contributed by atoms with Gasteiger partial charge >= 0.3 is 0 Å². The molecular formula is C18H12ClNO. The number of anilines is 1. The normalized spacial score (nSPS) is 11.5. The molecule has 0 fully saturated rings. The van der Waals surface area contributed by atoms with Gasteiger partial charge in [0.1, 0.15) is 5.88 Å². The molecule has 0 unspecified atom stereocenters. The van der Waals surface area contributed by atoms with Crippen LogP contribution in [0.2, 0.25) is 0 Å². The van der Waals surface area contributed by atoms with Crippen molar-refractivity contribution < 1.29 is 4.79 Å². The molecule has 1 aliphatic carbocycles. The van der Waals surface area contributed by atoms with Crippen molar-refractivity contribution in [3.8, 4) is 22.3 Å². The van der Waals surface area contributed by atoms with E-state index in [2.05, 4.69) is 41.7 Å². The molecular weight excluding hydrogens is 282 g/mol.